The van der Waals surface area contributed by atoms with Crippen LogP contribution in [0.4, 0.5) is 8.78 Å². The fourth-order valence-electron chi connectivity index (χ4n) is 2.82. The zero-order chi connectivity index (χ0) is 21.0. The highest BCUT2D eigenvalue weighted by molar-refractivity contribution is 7.89. The van der Waals surface area contributed by atoms with Crippen LogP contribution < -0.4 is 10.0 Å². The van der Waals surface area contributed by atoms with Gasteiger partial charge in [0.1, 0.15) is 16.5 Å². The van der Waals surface area contributed by atoms with E-state index in [0.29, 0.717) is 18.7 Å². The molecule has 0 bridgehead atoms. The van der Waals surface area contributed by atoms with Crippen LogP contribution in [0.25, 0.3) is 10.9 Å². The molecule has 3 aromatic rings. The summed E-state index contributed by atoms with van der Waals surface area (Å²) in [5, 5.41) is 3.17. The third kappa shape index (κ3) is 5.11. The largest absolute Gasteiger partial charge is 0.355 e. The lowest BCUT2D eigenvalue weighted by Crippen LogP contribution is -2.35. The molecule has 0 unspecified atom stereocenters. The first kappa shape index (κ1) is 21.2. The molecule has 0 radical (unpaired) electrons. The first-order valence-electron chi connectivity index (χ1n) is 8.73. The highest BCUT2D eigenvalue weighted by atomic mass is 35.5. The number of carbonyl (C=O) groups excluding carboxylic acids is 1. The van der Waals surface area contributed by atoms with Gasteiger partial charge in [0.15, 0.2) is 0 Å². The molecule has 0 saturated heterocycles. The highest BCUT2D eigenvalue weighted by Crippen LogP contribution is 2.22. The Hall–Kier alpha value is -2.49. The van der Waals surface area contributed by atoms with Crippen LogP contribution in [-0.4, -0.2) is 32.0 Å². The first-order chi connectivity index (χ1) is 13.8. The second-order valence-corrected chi connectivity index (χ2v) is 8.40. The molecule has 154 valence electrons. The topological polar surface area (TPSA) is 80.2 Å². The Morgan fingerprint density at radius 1 is 1.07 bits per heavy atom. The fourth-order valence-corrected chi connectivity index (χ4v) is 4.16. The number of sulfonamides is 1. The van der Waals surface area contributed by atoms with Gasteiger partial charge >= 0.3 is 0 Å². The summed E-state index contributed by atoms with van der Waals surface area (Å²) < 4.78 is 55.2. The van der Waals surface area contributed by atoms with Crippen molar-refractivity contribution >= 4 is 38.4 Å². The number of hydrogen-bond donors (Lipinski definition) is 2. The summed E-state index contributed by atoms with van der Waals surface area (Å²) in [5.41, 5.74) is 1.02. The van der Waals surface area contributed by atoms with E-state index in [1.807, 2.05) is 41.1 Å². The smallest absolute Gasteiger partial charge is 0.243 e. The highest BCUT2D eigenvalue weighted by Gasteiger charge is 2.21. The van der Waals surface area contributed by atoms with Crippen molar-refractivity contribution in [1.82, 2.24) is 14.6 Å². The maximum absolute atomic E-state index is 13.7. The van der Waals surface area contributed by atoms with Gasteiger partial charge in [0.2, 0.25) is 15.9 Å². The van der Waals surface area contributed by atoms with Crippen LogP contribution in [-0.2, 0) is 21.4 Å². The van der Waals surface area contributed by atoms with Crippen molar-refractivity contribution in [3.05, 3.63) is 65.3 Å². The predicted octanol–water partition coefficient (Wildman–Crippen LogP) is 3.06. The summed E-state index contributed by atoms with van der Waals surface area (Å²) in [6.07, 6.45) is 2.11. The van der Waals surface area contributed by atoms with Crippen molar-refractivity contribution < 1.29 is 22.0 Å². The van der Waals surface area contributed by atoms with Crippen LogP contribution in [0.5, 0.6) is 0 Å². The minimum atomic E-state index is -4.23. The molecule has 1 heterocycles. The summed E-state index contributed by atoms with van der Waals surface area (Å²) >= 11 is 5.52. The van der Waals surface area contributed by atoms with E-state index in [1.54, 1.807) is 0 Å². The molecule has 3 rings (SSSR count). The maximum atomic E-state index is 13.7. The number of halogens is 3. The average molecular weight is 442 g/mol. The molecule has 1 aromatic heterocycles. The number of nitrogens with one attached hydrogen (secondary N) is 2. The minimum Gasteiger partial charge on any atom is -0.355 e. The second-order valence-electron chi connectivity index (χ2n) is 6.26. The number of benzene rings is 2. The number of para-hydroxylation sites is 1. The molecule has 6 nitrogen and oxygen atoms in total. The van der Waals surface area contributed by atoms with Crippen LogP contribution in [0.15, 0.2) is 53.6 Å². The van der Waals surface area contributed by atoms with Gasteiger partial charge in [-0.2, -0.15) is 0 Å². The molecule has 0 atom stereocenters. The first-order valence-corrected chi connectivity index (χ1v) is 10.6. The van der Waals surface area contributed by atoms with Crippen molar-refractivity contribution in [2.45, 2.75) is 17.9 Å². The number of nitrogens with zero attached hydrogens (tertiary/aromatic N) is 1. The van der Waals surface area contributed by atoms with Gasteiger partial charge in [0.05, 0.1) is 5.02 Å². The number of aryl methyl sites for hydroxylation is 1. The standard InChI is InChI=1S/C19H18ClF2N3O3S/c20-14-11-18(16(22)12-15(14)21)29(27,28)24-8-7-23-19(26)6-10-25-9-5-13-3-1-2-4-17(13)25/h1-5,9,11-12,24H,6-8,10H2,(H,23,26). The molecular weight excluding hydrogens is 424 g/mol. The molecule has 29 heavy (non-hydrogen) atoms. The average Bonchev–Trinajstić information content (AvgIpc) is 3.09. The van der Waals surface area contributed by atoms with Crippen molar-refractivity contribution in [2.24, 2.45) is 0 Å². The van der Waals surface area contributed by atoms with E-state index < -0.39 is 31.6 Å². The van der Waals surface area contributed by atoms with Gasteiger partial charge < -0.3 is 9.88 Å². The summed E-state index contributed by atoms with van der Waals surface area (Å²) in [6, 6.07) is 10.9. The lowest BCUT2D eigenvalue weighted by molar-refractivity contribution is -0.121. The van der Waals surface area contributed by atoms with Gasteiger partial charge in [-0.1, -0.05) is 29.8 Å². The Labute approximate surface area is 171 Å². The Morgan fingerprint density at radius 2 is 1.83 bits per heavy atom. The second kappa shape index (κ2) is 8.89. The number of rotatable bonds is 8. The molecule has 2 N–H and O–H groups in total. The van der Waals surface area contributed by atoms with Crippen LogP contribution in [0, 0.1) is 11.6 Å². The Bertz CT molecular complexity index is 1150. The number of hydrogen-bond acceptors (Lipinski definition) is 3. The summed E-state index contributed by atoms with van der Waals surface area (Å²) in [7, 11) is -4.23. The molecule has 0 saturated carbocycles. The van der Waals surface area contributed by atoms with Gasteiger partial charge in [-0.15, -0.1) is 0 Å². The van der Waals surface area contributed by atoms with E-state index >= 15 is 0 Å². The zero-order valence-corrected chi connectivity index (χ0v) is 16.7. The minimum absolute atomic E-state index is 0.0149. The van der Waals surface area contributed by atoms with Gasteiger partial charge in [-0.3, -0.25) is 4.79 Å². The summed E-state index contributed by atoms with van der Waals surface area (Å²) in [6.45, 7) is 0.334. The van der Waals surface area contributed by atoms with Crippen molar-refractivity contribution in [1.29, 1.82) is 0 Å². The lowest BCUT2D eigenvalue weighted by Gasteiger charge is -2.10. The van der Waals surface area contributed by atoms with Gasteiger partial charge in [-0.25, -0.2) is 21.9 Å². The molecular formula is C19H18ClF2N3O3S. The molecule has 0 fully saturated rings. The van der Waals surface area contributed by atoms with E-state index in [-0.39, 0.29) is 25.4 Å². The van der Waals surface area contributed by atoms with Crippen LogP contribution in [0.3, 0.4) is 0 Å². The summed E-state index contributed by atoms with van der Waals surface area (Å²) in [5.74, 6) is -2.55. The lowest BCUT2D eigenvalue weighted by atomic mass is 10.2. The molecule has 0 aliphatic rings. The van der Waals surface area contributed by atoms with E-state index in [0.717, 1.165) is 10.9 Å². The fraction of sp³-hybridized carbons (Fsp3) is 0.211. The molecule has 0 aliphatic carbocycles. The molecule has 0 aliphatic heterocycles. The van der Waals surface area contributed by atoms with E-state index in [9.17, 15) is 22.0 Å². The Morgan fingerprint density at radius 3 is 2.62 bits per heavy atom. The normalized spacial score (nSPS) is 11.7. The third-order valence-corrected chi connectivity index (χ3v) is 6.03. The molecule has 2 aromatic carbocycles. The molecule has 0 spiro atoms. The number of amides is 1. The van der Waals surface area contributed by atoms with Crippen LogP contribution in [0.1, 0.15) is 6.42 Å². The maximum Gasteiger partial charge on any atom is 0.243 e. The van der Waals surface area contributed by atoms with Crippen molar-refractivity contribution in [3.63, 3.8) is 0 Å². The van der Waals surface area contributed by atoms with Gasteiger partial charge in [0, 0.05) is 43.8 Å². The number of fused-ring (bicyclic) bond motifs is 1. The van der Waals surface area contributed by atoms with Crippen molar-refractivity contribution in [3.8, 4) is 0 Å². The monoisotopic (exact) mass is 441 g/mol. The zero-order valence-electron chi connectivity index (χ0n) is 15.2. The van der Waals surface area contributed by atoms with Gasteiger partial charge in [0.25, 0.3) is 0 Å². The van der Waals surface area contributed by atoms with Crippen LogP contribution >= 0.6 is 11.6 Å². The number of aromatic nitrogens is 1. The quantitative estimate of drug-likeness (QED) is 0.416. The van der Waals surface area contributed by atoms with Crippen molar-refractivity contribution in [2.75, 3.05) is 13.1 Å². The van der Waals surface area contributed by atoms with E-state index in [4.69, 9.17) is 11.6 Å². The SMILES string of the molecule is O=C(CCn1ccc2ccccc21)NCCNS(=O)(=O)c1cc(Cl)c(F)cc1F. The third-order valence-electron chi connectivity index (χ3n) is 4.26. The summed E-state index contributed by atoms with van der Waals surface area (Å²) in [4.78, 5) is 11.2. The predicted molar refractivity (Wildman–Crippen MR) is 106 cm³/mol. The van der Waals surface area contributed by atoms with E-state index in [1.165, 1.54) is 0 Å². The van der Waals surface area contributed by atoms with Crippen LogP contribution in [0.2, 0.25) is 5.02 Å². The molecule has 1 amide bonds. The Kier molecular flexibility index (Phi) is 6.51. The number of carbonyl (C=O) groups is 1. The van der Waals surface area contributed by atoms with E-state index in [2.05, 4.69) is 10.0 Å². The van der Waals surface area contributed by atoms with Gasteiger partial charge in [-0.05, 0) is 23.6 Å². The Balaban J connectivity index is 1.47. The molecule has 10 heteroatoms.